The molecule has 0 aliphatic heterocycles. The number of pyridine rings is 1. The van der Waals surface area contributed by atoms with Gasteiger partial charge in [0.05, 0.1) is 22.1 Å². The zero-order valence-electron chi connectivity index (χ0n) is 15.0. The Balaban J connectivity index is 2.52. The highest BCUT2D eigenvalue weighted by atomic mass is 32.3. The van der Waals surface area contributed by atoms with Gasteiger partial charge in [-0.3, -0.25) is 9.78 Å². The molecule has 9 heteroatoms. The lowest BCUT2D eigenvalue weighted by Gasteiger charge is -2.38. The van der Waals surface area contributed by atoms with E-state index in [1.54, 1.807) is 32.3 Å². The van der Waals surface area contributed by atoms with Gasteiger partial charge in [0.25, 0.3) is 0 Å². The van der Waals surface area contributed by atoms with E-state index in [9.17, 15) is 18.0 Å². The molecule has 1 unspecified atom stereocenters. The fourth-order valence-electron chi connectivity index (χ4n) is 2.44. The first-order valence-electron chi connectivity index (χ1n) is 8.18. The number of alkyl halides is 3. The Labute approximate surface area is 162 Å². The van der Waals surface area contributed by atoms with Crippen molar-refractivity contribution in [3.8, 4) is 22.9 Å². The van der Waals surface area contributed by atoms with Gasteiger partial charge in [-0.1, -0.05) is 12.8 Å². The Kier molecular flexibility index (Phi) is 6.89. The van der Waals surface area contributed by atoms with Crippen molar-refractivity contribution in [1.29, 1.82) is 0 Å². The van der Waals surface area contributed by atoms with Gasteiger partial charge in [0.1, 0.15) is 5.01 Å². The van der Waals surface area contributed by atoms with Crippen molar-refractivity contribution in [2.75, 3.05) is 11.5 Å². The first kappa shape index (κ1) is 21.3. The molecule has 146 valence electrons. The highest BCUT2D eigenvalue weighted by molar-refractivity contribution is 8.33. The number of halogens is 3. The van der Waals surface area contributed by atoms with E-state index in [0.29, 0.717) is 14.9 Å². The monoisotopic (exact) mass is 415 g/mol. The maximum Gasteiger partial charge on any atom is 0.389 e. The molecule has 4 nitrogen and oxygen atoms in total. The van der Waals surface area contributed by atoms with Crippen molar-refractivity contribution >= 4 is 27.5 Å². The van der Waals surface area contributed by atoms with Crippen molar-refractivity contribution in [2.24, 2.45) is 0 Å². The summed E-state index contributed by atoms with van der Waals surface area (Å²) in [4.78, 5) is 20.7. The number of terminal acetylenes is 1. The molecular weight excluding hydrogens is 395 g/mol. The van der Waals surface area contributed by atoms with Gasteiger partial charge in [-0.2, -0.15) is 13.2 Å². The van der Waals surface area contributed by atoms with E-state index in [0.717, 1.165) is 5.56 Å². The largest absolute Gasteiger partial charge is 0.389 e. The van der Waals surface area contributed by atoms with Crippen molar-refractivity contribution in [1.82, 2.24) is 14.7 Å². The van der Waals surface area contributed by atoms with Crippen LogP contribution in [0.25, 0.3) is 10.6 Å². The lowest BCUT2D eigenvalue weighted by atomic mass is 10.3. The predicted molar refractivity (Wildman–Crippen MR) is 104 cm³/mol. The van der Waals surface area contributed by atoms with Gasteiger partial charge in [-0.05, 0) is 19.1 Å². The number of hydrogen-bond acceptors (Lipinski definition) is 4. The molecule has 0 radical (unpaired) electrons. The maximum atomic E-state index is 13.0. The van der Waals surface area contributed by atoms with Gasteiger partial charge in [0.2, 0.25) is 5.91 Å². The minimum Gasteiger partial charge on any atom is -0.313 e. The van der Waals surface area contributed by atoms with Crippen LogP contribution in [0.4, 0.5) is 13.2 Å². The summed E-state index contributed by atoms with van der Waals surface area (Å²) in [5.74, 6) is 1.92. The van der Waals surface area contributed by atoms with E-state index in [-0.39, 0.29) is 23.8 Å². The number of nitrogens with one attached hydrogen (secondary N) is 1. The summed E-state index contributed by atoms with van der Waals surface area (Å²) >= 11 is 1.27. The molecule has 1 amide bonds. The maximum absolute atomic E-state index is 13.0. The first-order chi connectivity index (χ1) is 12.7. The second-order valence-electron chi connectivity index (χ2n) is 5.81. The van der Waals surface area contributed by atoms with E-state index in [2.05, 4.69) is 20.6 Å². The molecular formula is C18H20F3N3OS2. The van der Waals surface area contributed by atoms with Crippen molar-refractivity contribution in [3.05, 3.63) is 30.2 Å². The summed E-state index contributed by atoms with van der Waals surface area (Å²) in [6.45, 7) is 3.38. The third kappa shape index (κ3) is 5.47. The van der Waals surface area contributed by atoms with Crippen molar-refractivity contribution < 1.29 is 18.0 Å². The van der Waals surface area contributed by atoms with E-state index in [1.807, 2.05) is 6.07 Å². The van der Waals surface area contributed by atoms with Crippen LogP contribution >= 0.6 is 21.6 Å². The summed E-state index contributed by atoms with van der Waals surface area (Å²) in [5, 5.41) is 0.641. The molecule has 0 aromatic carbocycles. The van der Waals surface area contributed by atoms with Gasteiger partial charge in [-0.25, -0.2) is 4.98 Å². The average Bonchev–Trinajstić information content (AvgIpc) is 3.02. The number of nitrogens with zero attached hydrogens (tertiary/aromatic N) is 2. The number of carbonyl (C=O) groups is 1. The minimum atomic E-state index is -4.34. The summed E-state index contributed by atoms with van der Waals surface area (Å²) in [6.07, 6.45) is 3.56. The third-order valence-corrected chi connectivity index (χ3v) is 9.10. The number of amides is 1. The van der Waals surface area contributed by atoms with Crippen molar-refractivity contribution in [2.45, 2.75) is 37.1 Å². The number of carbonyl (C=O) groups excluding carboxylic acids is 1. The zero-order chi connectivity index (χ0) is 20.1. The second-order valence-corrected chi connectivity index (χ2v) is 10.1. The standard InChI is InChI=1S/C18H20F3N3OS2/c1-4-10-27(24-15(25)5-2,11-8-18(19,20)21)17-13(3)23-16(26-17)14-7-6-9-22-12-14/h1,6-7,9,12H,5,8,10-11H2,2-3H3,(H,24,25). The van der Waals surface area contributed by atoms with Crippen LogP contribution in [0.3, 0.4) is 0 Å². The molecule has 2 heterocycles. The van der Waals surface area contributed by atoms with E-state index in [4.69, 9.17) is 6.42 Å². The topological polar surface area (TPSA) is 54.9 Å². The predicted octanol–water partition coefficient (Wildman–Crippen LogP) is 4.70. The van der Waals surface area contributed by atoms with E-state index >= 15 is 0 Å². The zero-order valence-corrected chi connectivity index (χ0v) is 16.6. The Morgan fingerprint density at radius 3 is 2.74 bits per heavy atom. The fraction of sp³-hybridized carbons (Fsp3) is 0.389. The smallest absolute Gasteiger partial charge is 0.313 e. The van der Waals surface area contributed by atoms with Crippen LogP contribution in [0.2, 0.25) is 0 Å². The van der Waals surface area contributed by atoms with Gasteiger partial charge in [0.15, 0.2) is 0 Å². The molecule has 0 fully saturated rings. The van der Waals surface area contributed by atoms with Crippen LogP contribution in [-0.4, -0.2) is 33.6 Å². The highest BCUT2D eigenvalue weighted by Crippen LogP contribution is 2.58. The molecule has 1 atom stereocenters. The molecule has 0 saturated carbocycles. The molecule has 1 N–H and O–H groups in total. The summed E-state index contributed by atoms with van der Waals surface area (Å²) in [6, 6.07) is 3.59. The van der Waals surface area contributed by atoms with Crippen LogP contribution in [0, 0.1) is 19.3 Å². The van der Waals surface area contributed by atoms with E-state index < -0.39 is 22.8 Å². The van der Waals surface area contributed by atoms with Gasteiger partial charge in [0, 0.05) is 30.1 Å². The Hall–Kier alpha value is -2.05. The Morgan fingerprint density at radius 2 is 2.19 bits per heavy atom. The summed E-state index contributed by atoms with van der Waals surface area (Å²) in [7, 11) is -2.41. The number of thiazole rings is 1. The lowest BCUT2D eigenvalue weighted by Crippen LogP contribution is -2.32. The summed E-state index contributed by atoms with van der Waals surface area (Å²) < 4.78 is 42.3. The number of hydrogen-bond donors (Lipinski definition) is 1. The van der Waals surface area contributed by atoms with Crippen LogP contribution in [-0.2, 0) is 4.79 Å². The second kappa shape index (κ2) is 8.76. The van der Waals surface area contributed by atoms with Crippen LogP contribution < -0.4 is 4.72 Å². The Bertz CT molecular complexity index is 831. The van der Waals surface area contributed by atoms with Crippen LogP contribution in [0.5, 0.6) is 0 Å². The first-order valence-corrected chi connectivity index (χ1v) is 11.0. The summed E-state index contributed by atoms with van der Waals surface area (Å²) in [5.41, 5.74) is 1.35. The Morgan fingerprint density at radius 1 is 1.44 bits per heavy atom. The van der Waals surface area contributed by atoms with Gasteiger partial charge in [-0.15, -0.1) is 28.0 Å². The average molecular weight is 416 g/mol. The molecule has 0 bridgehead atoms. The van der Waals surface area contributed by atoms with E-state index in [1.165, 1.54) is 11.3 Å². The fourth-order valence-corrected chi connectivity index (χ4v) is 7.44. The number of rotatable bonds is 7. The molecule has 0 aliphatic carbocycles. The van der Waals surface area contributed by atoms with Crippen molar-refractivity contribution in [3.63, 3.8) is 0 Å². The molecule has 0 spiro atoms. The molecule has 2 aromatic rings. The normalized spacial score (nSPS) is 14.8. The quantitative estimate of drug-likeness (QED) is 0.667. The molecule has 0 saturated heterocycles. The van der Waals surface area contributed by atoms with Gasteiger partial charge < -0.3 is 4.72 Å². The molecule has 2 aromatic heterocycles. The highest BCUT2D eigenvalue weighted by Gasteiger charge is 2.37. The minimum absolute atomic E-state index is 0.0321. The van der Waals surface area contributed by atoms with Crippen LogP contribution in [0.15, 0.2) is 28.7 Å². The lowest BCUT2D eigenvalue weighted by molar-refractivity contribution is -0.130. The van der Waals surface area contributed by atoms with Crippen LogP contribution in [0.1, 0.15) is 25.5 Å². The SMILES string of the molecule is C#CCS(CCC(F)(F)F)(NC(=O)CC)c1sc(-c2cccnc2)nc1C. The molecule has 27 heavy (non-hydrogen) atoms. The number of aryl methyl sites for hydroxylation is 1. The van der Waals surface area contributed by atoms with Gasteiger partial charge >= 0.3 is 6.18 Å². The third-order valence-electron chi connectivity index (χ3n) is 3.71. The number of aromatic nitrogens is 2. The molecule has 0 aliphatic rings. The molecule has 2 rings (SSSR count).